The van der Waals surface area contributed by atoms with E-state index in [0.717, 1.165) is 18.6 Å². The molecule has 1 aliphatic heterocycles. The molecule has 2 N–H and O–H groups in total. The first-order valence-corrected chi connectivity index (χ1v) is 6.54. The zero-order valence-electron chi connectivity index (χ0n) is 10.9. The van der Waals surface area contributed by atoms with Crippen molar-refractivity contribution >= 4 is 0 Å². The molecule has 106 valence electrons. The minimum atomic E-state index is -0.847. The monoisotopic (exact) mass is 271 g/mol. The van der Waals surface area contributed by atoms with Gasteiger partial charge in [0.05, 0.1) is 0 Å². The molecule has 0 radical (unpaired) electrons. The molecule has 5 heteroatoms. The summed E-state index contributed by atoms with van der Waals surface area (Å²) in [5.41, 5.74) is 0.279. The standard InChI is InChI=1S/C14H19F2NO2/c1-9(8-18)14(19)17-6-2-3-13(17)11-7-10(15)4-5-12(11)16/h4-5,7,9,13-14,18-19H,2-3,6,8H2,1H3/t9?,13-,14?/m1/s1. The minimum absolute atomic E-state index is 0.143. The third-order valence-electron chi connectivity index (χ3n) is 3.75. The molecule has 2 rings (SSSR count). The van der Waals surface area contributed by atoms with Crippen LogP contribution < -0.4 is 0 Å². The van der Waals surface area contributed by atoms with Crippen molar-refractivity contribution in [1.82, 2.24) is 4.90 Å². The van der Waals surface area contributed by atoms with E-state index < -0.39 is 17.9 Å². The molecule has 0 amide bonds. The van der Waals surface area contributed by atoms with Crippen molar-refractivity contribution in [3.8, 4) is 0 Å². The average molecular weight is 271 g/mol. The zero-order chi connectivity index (χ0) is 14.0. The van der Waals surface area contributed by atoms with E-state index in [1.165, 1.54) is 6.07 Å². The molecule has 1 aromatic rings. The van der Waals surface area contributed by atoms with Gasteiger partial charge in [0, 0.05) is 30.7 Å². The summed E-state index contributed by atoms with van der Waals surface area (Å²) in [5.74, 6) is -1.26. The quantitative estimate of drug-likeness (QED) is 0.881. The second-order valence-electron chi connectivity index (χ2n) is 5.14. The predicted molar refractivity (Wildman–Crippen MR) is 67.3 cm³/mol. The van der Waals surface area contributed by atoms with Gasteiger partial charge in [0.1, 0.15) is 17.9 Å². The second-order valence-corrected chi connectivity index (χ2v) is 5.14. The van der Waals surface area contributed by atoms with Crippen LogP contribution in [0, 0.1) is 17.6 Å². The molecule has 1 fully saturated rings. The molecular formula is C14H19F2NO2. The van der Waals surface area contributed by atoms with Crippen LogP contribution in [0.2, 0.25) is 0 Å². The van der Waals surface area contributed by atoms with E-state index in [-0.39, 0.29) is 24.1 Å². The van der Waals surface area contributed by atoms with E-state index in [9.17, 15) is 13.9 Å². The van der Waals surface area contributed by atoms with Crippen LogP contribution in [-0.4, -0.2) is 34.5 Å². The highest BCUT2D eigenvalue weighted by Crippen LogP contribution is 2.36. The highest BCUT2D eigenvalue weighted by Gasteiger charge is 2.34. The first kappa shape index (κ1) is 14.4. The van der Waals surface area contributed by atoms with Crippen LogP contribution in [0.4, 0.5) is 8.78 Å². The van der Waals surface area contributed by atoms with Crippen molar-refractivity contribution in [2.75, 3.05) is 13.2 Å². The van der Waals surface area contributed by atoms with Crippen molar-refractivity contribution in [1.29, 1.82) is 0 Å². The first-order chi connectivity index (χ1) is 9.04. The normalized spacial score (nSPS) is 23.5. The molecule has 3 atom stereocenters. The van der Waals surface area contributed by atoms with Crippen LogP contribution >= 0.6 is 0 Å². The number of nitrogens with zero attached hydrogens (tertiary/aromatic N) is 1. The molecule has 0 bridgehead atoms. The van der Waals surface area contributed by atoms with Gasteiger partial charge in [0.2, 0.25) is 0 Å². The third-order valence-corrected chi connectivity index (χ3v) is 3.75. The first-order valence-electron chi connectivity index (χ1n) is 6.54. The Bertz CT molecular complexity index is 441. The minimum Gasteiger partial charge on any atom is -0.396 e. The van der Waals surface area contributed by atoms with Gasteiger partial charge < -0.3 is 10.2 Å². The molecule has 1 aromatic carbocycles. The highest BCUT2D eigenvalue weighted by molar-refractivity contribution is 5.23. The summed E-state index contributed by atoms with van der Waals surface area (Å²) in [4.78, 5) is 1.73. The molecule has 0 spiro atoms. The van der Waals surface area contributed by atoms with E-state index in [1.54, 1.807) is 11.8 Å². The highest BCUT2D eigenvalue weighted by atomic mass is 19.1. The number of aliphatic hydroxyl groups excluding tert-OH is 2. The molecule has 1 aliphatic rings. The Morgan fingerprint density at radius 3 is 2.84 bits per heavy atom. The molecule has 19 heavy (non-hydrogen) atoms. The number of benzene rings is 1. The molecule has 2 unspecified atom stereocenters. The van der Waals surface area contributed by atoms with Gasteiger partial charge in [-0.05, 0) is 31.0 Å². The maximum Gasteiger partial charge on any atom is 0.128 e. The van der Waals surface area contributed by atoms with E-state index in [0.29, 0.717) is 13.0 Å². The summed E-state index contributed by atoms with van der Waals surface area (Å²) < 4.78 is 27.1. The molecular weight excluding hydrogens is 252 g/mol. The largest absolute Gasteiger partial charge is 0.396 e. The summed E-state index contributed by atoms with van der Waals surface area (Å²) in [5, 5.41) is 19.3. The van der Waals surface area contributed by atoms with E-state index in [4.69, 9.17) is 5.11 Å². The van der Waals surface area contributed by atoms with Gasteiger partial charge in [-0.1, -0.05) is 6.92 Å². The molecule has 0 aliphatic carbocycles. The van der Waals surface area contributed by atoms with Crippen molar-refractivity contribution in [3.05, 3.63) is 35.4 Å². The summed E-state index contributed by atoms with van der Waals surface area (Å²) in [6.45, 7) is 2.20. The van der Waals surface area contributed by atoms with Gasteiger partial charge in [-0.25, -0.2) is 8.78 Å². The van der Waals surface area contributed by atoms with Gasteiger partial charge in [-0.15, -0.1) is 0 Å². The summed E-state index contributed by atoms with van der Waals surface area (Å²) >= 11 is 0. The SMILES string of the molecule is CC(CO)C(O)N1CCC[C@@H]1c1cc(F)ccc1F. The number of hydrogen-bond donors (Lipinski definition) is 2. The Hall–Kier alpha value is -1.04. The van der Waals surface area contributed by atoms with Crippen molar-refractivity contribution in [3.63, 3.8) is 0 Å². The fourth-order valence-corrected chi connectivity index (χ4v) is 2.63. The second kappa shape index (κ2) is 5.94. The lowest BCUT2D eigenvalue weighted by atomic mass is 10.0. The van der Waals surface area contributed by atoms with Crippen LogP contribution in [0.3, 0.4) is 0 Å². The number of likely N-dealkylation sites (tertiary alicyclic amines) is 1. The van der Waals surface area contributed by atoms with Crippen LogP contribution in [0.15, 0.2) is 18.2 Å². The molecule has 0 aromatic heterocycles. The lowest BCUT2D eigenvalue weighted by Gasteiger charge is -2.32. The van der Waals surface area contributed by atoms with Crippen molar-refractivity contribution in [2.24, 2.45) is 5.92 Å². The predicted octanol–water partition coefficient (Wildman–Crippen LogP) is 2.05. The van der Waals surface area contributed by atoms with Gasteiger partial charge in [-0.3, -0.25) is 4.90 Å². The summed E-state index contributed by atoms with van der Waals surface area (Å²) in [7, 11) is 0. The maximum absolute atomic E-state index is 13.8. The van der Waals surface area contributed by atoms with Crippen LogP contribution in [-0.2, 0) is 0 Å². The zero-order valence-corrected chi connectivity index (χ0v) is 10.9. The smallest absolute Gasteiger partial charge is 0.128 e. The number of hydrogen-bond acceptors (Lipinski definition) is 3. The van der Waals surface area contributed by atoms with Gasteiger partial charge in [0.25, 0.3) is 0 Å². The Labute approximate surface area is 111 Å². The maximum atomic E-state index is 13.8. The van der Waals surface area contributed by atoms with Crippen molar-refractivity contribution in [2.45, 2.75) is 32.0 Å². The van der Waals surface area contributed by atoms with Crippen LogP contribution in [0.25, 0.3) is 0 Å². The Kier molecular flexibility index (Phi) is 4.50. The van der Waals surface area contributed by atoms with Gasteiger partial charge in [0.15, 0.2) is 0 Å². The summed E-state index contributed by atoms with van der Waals surface area (Å²) in [6, 6.07) is 3.06. The van der Waals surface area contributed by atoms with E-state index >= 15 is 0 Å². The third kappa shape index (κ3) is 2.94. The Morgan fingerprint density at radius 2 is 2.16 bits per heavy atom. The molecule has 1 saturated heterocycles. The molecule has 1 heterocycles. The molecule has 3 nitrogen and oxygen atoms in total. The topological polar surface area (TPSA) is 43.7 Å². The lowest BCUT2D eigenvalue weighted by Crippen LogP contribution is -2.40. The van der Waals surface area contributed by atoms with E-state index in [2.05, 4.69) is 0 Å². The van der Waals surface area contributed by atoms with Crippen LogP contribution in [0.1, 0.15) is 31.4 Å². The van der Waals surface area contributed by atoms with Crippen molar-refractivity contribution < 1.29 is 19.0 Å². The fraction of sp³-hybridized carbons (Fsp3) is 0.571. The molecule has 0 saturated carbocycles. The van der Waals surface area contributed by atoms with E-state index in [1.807, 2.05) is 0 Å². The average Bonchev–Trinajstić information content (AvgIpc) is 2.88. The summed E-state index contributed by atoms with van der Waals surface area (Å²) in [6.07, 6.45) is 0.644. The lowest BCUT2D eigenvalue weighted by molar-refractivity contribution is -0.0573. The number of halogens is 2. The van der Waals surface area contributed by atoms with Gasteiger partial charge in [-0.2, -0.15) is 0 Å². The number of aliphatic hydroxyl groups is 2. The van der Waals surface area contributed by atoms with Crippen LogP contribution in [0.5, 0.6) is 0 Å². The van der Waals surface area contributed by atoms with Gasteiger partial charge >= 0.3 is 0 Å². The Balaban J connectivity index is 2.25. The fourth-order valence-electron chi connectivity index (χ4n) is 2.63. The number of rotatable bonds is 4. The Morgan fingerprint density at radius 1 is 1.42 bits per heavy atom.